The van der Waals surface area contributed by atoms with E-state index in [9.17, 15) is 4.79 Å². The quantitative estimate of drug-likeness (QED) is 0.654. The first kappa shape index (κ1) is 20.2. The summed E-state index contributed by atoms with van der Waals surface area (Å²) in [5, 5.41) is 2.52. The van der Waals surface area contributed by atoms with Crippen molar-refractivity contribution >= 4 is 11.7 Å². The van der Waals surface area contributed by atoms with Gasteiger partial charge < -0.3 is 10.1 Å². The highest BCUT2D eigenvalue weighted by Gasteiger charge is 2.40. The van der Waals surface area contributed by atoms with Gasteiger partial charge in [0.25, 0.3) is 5.91 Å². The number of carbonyl (C=O) groups is 1. The Hall–Kier alpha value is -3.49. The van der Waals surface area contributed by atoms with Crippen LogP contribution in [0.5, 0.6) is 5.88 Å². The van der Waals surface area contributed by atoms with Gasteiger partial charge in [-0.05, 0) is 38.5 Å². The molecule has 3 aromatic heterocycles. The number of amides is 1. The molecule has 0 spiro atoms. The van der Waals surface area contributed by atoms with Crippen LogP contribution in [0, 0.1) is 6.92 Å². The maximum Gasteiger partial charge on any atom is 0.269 e. The normalized spacial score (nSPS) is 12.8. The number of halogens is 1. The first-order valence-electron chi connectivity index (χ1n) is 9.18. The van der Waals surface area contributed by atoms with Crippen molar-refractivity contribution in [3.63, 3.8) is 0 Å². The molecule has 0 saturated heterocycles. The van der Waals surface area contributed by atoms with E-state index in [4.69, 9.17) is 4.74 Å². The van der Waals surface area contributed by atoms with E-state index in [1.807, 2.05) is 6.92 Å². The van der Waals surface area contributed by atoms with E-state index >= 15 is 4.39 Å². The summed E-state index contributed by atoms with van der Waals surface area (Å²) in [6.07, 6.45) is 5.98. The Balaban J connectivity index is 1.78. The molecule has 3 rings (SSSR count). The molecule has 3 heterocycles. The first-order valence-corrected chi connectivity index (χ1v) is 9.18. The number of pyridine rings is 1. The van der Waals surface area contributed by atoms with Crippen LogP contribution in [0.2, 0.25) is 0 Å². The molecule has 0 radical (unpaired) electrons. The molecular formula is C20H21FN6O2. The van der Waals surface area contributed by atoms with Crippen molar-refractivity contribution in [1.82, 2.24) is 24.9 Å². The van der Waals surface area contributed by atoms with Crippen LogP contribution >= 0.6 is 0 Å². The van der Waals surface area contributed by atoms with Crippen molar-refractivity contribution in [3.8, 4) is 17.1 Å². The summed E-state index contributed by atoms with van der Waals surface area (Å²) < 4.78 is 20.8. The van der Waals surface area contributed by atoms with Gasteiger partial charge in [0.2, 0.25) is 11.5 Å². The second kappa shape index (κ2) is 8.68. The maximum atomic E-state index is 15.4. The third-order valence-electron chi connectivity index (χ3n) is 4.23. The van der Waals surface area contributed by atoms with Crippen LogP contribution in [0.3, 0.4) is 0 Å². The lowest BCUT2D eigenvalue weighted by molar-refractivity contribution is -0.128. The summed E-state index contributed by atoms with van der Waals surface area (Å²) in [6.45, 7) is 5.56. The number of rotatable bonds is 7. The second-order valence-electron chi connectivity index (χ2n) is 6.21. The zero-order valence-electron chi connectivity index (χ0n) is 16.4. The number of nitrogens with zero attached hydrogens (tertiary/aromatic N) is 5. The monoisotopic (exact) mass is 396 g/mol. The third-order valence-corrected chi connectivity index (χ3v) is 4.23. The minimum absolute atomic E-state index is 0.0182. The van der Waals surface area contributed by atoms with Crippen LogP contribution < -0.4 is 10.1 Å². The Morgan fingerprint density at radius 3 is 2.62 bits per heavy atom. The third kappa shape index (κ3) is 4.50. The SMILES string of the molecule is CCOc1cncc(-c2ccc(NC(=O)C(F)(CC)c3ccnc(C)n3)nc2)n1. The Morgan fingerprint density at radius 2 is 1.97 bits per heavy atom. The van der Waals surface area contributed by atoms with E-state index in [1.165, 1.54) is 24.7 Å². The van der Waals surface area contributed by atoms with Crippen LogP contribution in [0.15, 0.2) is 43.0 Å². The van der Waals surface area contributed by atoms with Crippen molar-refractivity contribution in [2.45, 2.75) is 32.9 Å². The zero-order valence-corrected chi connectivity index (χ0v) is 16.4. The molecule has 0 aliphatic heterocycles. The summed E-state index contributed by atoms with van der Waals surface area (Å²) in [4.78, 5) is 33.2. The van der Waals surface area contributed by atoms with E-state index in [-0.39, 0.29) is 17.9 Å². The van der Waals surface area contributed by atoms with Crippen molar-refractivity contribution in [2.75, 3.05) is 11.9 Å². The van der Waals surface area contributed by atoms with Crippen molar-refractivity contribution < 1.29 is 13.9 Å². The lowest BCUT2D eigenvalue weighted by Crippen LogP contribution is -2.37. The fourth-order valence-corrected chi connectivity index (χ4v) is 2.67. The van der Waals surface area contributed by atoms with Crippen molar-refractivity contribution in [2.24, 2.45) is 0 Å². The second-order valence-corrected chi connectivity index (χ2v) is 6.21. The number of aryl methyl sites for hydroxylation is 1. The minimum Gasteiger partial charge on any atom is -0.477 e. The molecule has 1 unspecified atom stereocenters. The summed E-state index contributed by atoms with van der Waals surface area (Å²) >= 11 is 0. The number of hydrogen-bond acceptors (Lipinski definition) is 7. The van der Waals surface area contributed by atoms with Crippen LogP contribution in [0.25, 0.3) is 11.3 Å². The number of hydrogen-bond donors (Lipinski definition) is 1. The largest absolute Gasteiger partial charge is 0.477 e. The Morgan fingerprint density at radius 1 is 1.14 bits per heavy atom. The van der Waals surface area contributed by atoms with Gasteiger partial charge in [-0.25, -0.2) is 24.3 Å². The van der Waals surface area contributed by atoms with E-state index < -0.39 is 11.6 Å². The van der Waals surface area contributed by atoms with E-state index in [0.717, 1.165) is 0 Å². The molecule has 1 amide bonds. The molecule has 1 N–H and O–H groups in total. The number of carbonyl (C=O) groups excluding carboxylic acids is 1. The zero-order chi connectivity index (χ0) is 20.9. The number of anilines is 1. The van der Waals surface area contributed by atoms with Crippen LogP contribution in [0.4, 0.5) is 10.2 Å². The average molecular weight is 396 g/mol. The van der Waals surface area contributed by atoms with Gasteiger partial charge in [0.1, 0.15) is 11.6 Å². The Labute approximate surface area is 167 Å². The molecular weight excluding hydrogens is 375 g/mol. The molecule has 0 bridgehead atoms. The lowest BCUT2D eigenvalue weighted by atomic mass is 9.97. The molecule has 0 aliphatic rings. The Bertz CT molecular complexity index is 998. The molecule has 9 heteroatoms. The van der Waals surface area contributed by atoms with Crippen LogP contribution in [-0.2, 0) is 10.5 Å². The topological polar surface area (TPSA) is 103 Å². The molecule has 1 atom stereocenters. The number of ether oxygens (including phenoxy) is 1. The maximum absolute atomic E-state index is 15.4. The number of nitrogens with one attached hydrogen (secondary N) is 1. The van der Waals surface area contributed by atoms with Gasteiger partial charge in [0, 0.05) is 18.0 Å². The predicted molar refractivity (Wildman–Crippen MR) is 105 cm³/mol. The van der Waals surface area contributed by atoms with Crippen molar-refractivity contribution in [1.29, 1.82) is 0 Å². The van der Waals surface area contributed by atoms with E-state index in [1.54, 1.807) is 32.2 Å². The van der Waals surface area contributed by atoms with Gasteiger partial charge in [-0.1, -0.05) is 6.92 Å². The summed E-state index contributed by atoms with van der Waals surface area (Å²) in [5.74, 6) is 0.182. The molecule has 3 aromatic rings. The molecule has 0 saturated carbocycles. The number of alkyl halides is 1. The standard InChI is InChI=1S/C20H21FN6O2/c1-4-20(21,16-8-9-23-13(3)25-16)19(28)27-17-7-6-14(10-24-17)15-11-22-12-18(26-15)29-5-2/h6-12H,4-5H2,1-3H3,(H,24,27,28). The van der Waals surface area contributed by atoms with E-state index in [0.29, 0.717) is 29.6 Å². The van der Waals surface area contributed by atoms with Gasteiger partial charge in [0.15, 0.2) is 0 Å². The first-order chi connectivity index (χ1) is 14.0. The molecule has 0 fully saturated rings. The fraction of sp³-hybridized carbons (Fsp3) is 0.300. The highest BCUT2D eigenvalue weighted by atomic mass is 19.1. The van der Waals surface area contributed by atoms with Crippen LogP contribution in [-0.4, -0.2) is 37.4 Å². The minimum atomic E-state index is -2.29. The van der Waals surface area contributed by atoms with Gasteiger partial charge in [0.05, 0.1) is 30.4 Å². The smallest absolute Gasteiger partial charge is 0.269 e. The summed E-state index contributed by atoms with van der Waals surface area (Å²) in [6, 6.07) is 4.68. The number of aromatic nitrogens is 5. The highest BCUT2D eigenvalue weighted by molar-refractivity contribution is 5.97. The van der Waals surface area contributed by atoms with Gasteiger partial charge in [-0.15, -0.1) is 0 Å². The Kier molecular flexibility index (Phi) is 6.06. The lowest BCUT2D eigenvalue weighted by Gasteiger charge is -2.22. The van der Waals surface area contributed by atoms with Gasteiger partial charge >= 0.3 is 0 Å². The predicted octanol–water partition coefficient (Wildman–Crippen LogP) is 3.25. The summed E-state index contributed by atoms with van der Waals surface area (Å²) in [7, 11) is 0. The molecule has 150 valence electrons. The molecule has 0 aromatic carbocycles. The van der Waals surface area contributed by atoms with E-state index in [2.05, 4.69) is 30.2 Å². The molecule has 8 nitrogen and oxygen atoms in total. The average Bonchev–Trinajstić information content (AvgIpc) is 2.74. The van der Waals surface area contributed by atoms with Gasteiger partial charge in [-0.2, -0.15) is 0 Å². The fourth-order valence-electron chi connectivity index (χ4n) is 2.67. The van der Waals surface area contributed by atoms with Crippen LogP contribution in [0.1, 0.15) is 31.8 Å². The summed E-state index contributed by atoms with van der Waals surface area (Å²) in [5.41, 5.74) is -1.01. The molecule has 0 aliphatic carbocycles. The highest BCUT2D eigenvalue weighted by Crippen LogP contribution is 2.30. The van der Waals surface area contributed by atoms with Crippen molar-refractivity contribution in [3.05, 3.63) is 54.5 Å². The molecule has 29 heavy (non-hydrogen) atoms. The van der Waals surface area contributed by atoms with Gasteiger partial charge in [-0.3, -0.25) is 9.78 Å².